The molecule has 0 unspecified atom stereocenters. The van der Waals surface area contributed by atoms with Crippen molar-refractivity contribution in [3.05, 3.63) is 59.7 Å². The number of aryl methyl sites for hydroxylation is 1. The van der Waals surface area contributed by atoms with Gasteiger partial charge in [-0.1, -0.05) is 42.0 Å². The zero-order valence-corrected chi connectivity index (χ0v) is 17.0. The molecule has 2 aromatic rings. The van der Waals surface area contributed by atoms with E-state index in [1.165, 1.54) is 11.3 Å². The molecule has 1 amide bonds. The van der Waals surface area contributed by atoms with Crippen molar-refractivity contribution in [3.63, 3.8) is 0 Å². The summed E-state index contributed by atoms with van der Waals surface area (Å²) in [5, 5.41) is 3.05. The smallest absolute Gasteiger partial charge is 0.224 e. The van der Waals surface area contributed by atoms with Gasteiger partial charge < -0.3 is 15.0 Å². The lowest BCUT2D eigenvalue weighted by Gasteiger charge is -2.36. The number of hydrogen-bond donors (Lipinski definition) is 1. The SMILES string of the molecule is COc1ccccc1N1CCN(CCCNC(=O)Cc2cccc(C)c2)CC1. The summed E-state index contributed by atoms with van der Waals surface area (Å²) in [7, 11) is 1.72. The summed E-state index contributed by atoms with van der Waals surface area (Å²) in [5.74, 6) is 1.04. The van der Waals surface area contributed by atoms with Crippen LogP contribution in [-0.4, -0.2) is 57.2 Å². The zero-order valence-electron chi connectivity index (χ0n) is 17.0. The van der Waals surface area contributed by atoms with Crippen LogP contribution in [-0.2, 0) is 11.2 Å². The Kier molecular flexibility index (Phi) is 7.31. The third kappa shape index (κ3) is 5.73. The highest BCUT2D eigenvalue weighted by Gasteiger charge is 2.19. The van der Waals surface area contributed by atoms with Crippen molar-refractivity contribution in [2.45, 2.75) is 19.8 Å². The van der Waals surface area contributed by atoms with Crippen LogP contribution in [0.1, 0.15) is 17.5 Å². The lowest BCUT2D eigenvalue weighted by Crippen LogP contribution is -2.47. The molecule has 1 N–H and O–H groups in total. The summed E-state index contributed by atoms with van der Waals surface area (Å²) < 4.78 is 5.48. The van der Waals surface area contributed by atoms with Crippen molar-refractivity contribution >= 4 is 11.6 Å². The fourth-order valence-electron chi connectivity index (χ4n) is 3.70. The number of methoxy groups -OCH3 is 1. The van der Waals surface area contributed by atoms with Crippen LogP contribution in [0.3, 0.4) is 0 Å². The van der Waals surface area contributed by atoms with E-state index in [9.17, 15) is 4.79 Å². The number of carbonyl (C=O) groups excluding carboxylic acids is 1. The van der Waals surface area contributed by atoms with Crippen LogP contribution in [0, 0.1) is 6.92 Å². The molecule has 28 heavy (non-hydrogen) atoms. The Hall–Kier alpha value is -2.53. The van der Waals surface area contributed by atoms with Crippen LogP contribution in [0.15, 0.2) is 48.5 Å². The van der Waals surface area contributed by atoms with E-state index in [2.05, 4.69) is 46.3 Å². The van der Waals surface area contributed by atoms with E-state index in [0.29, 0.717) is 6.42 Å². The molecule has 150 valence electrons. The molecule has 0 radical (unpaired) electrons. The summed E-state index contributed by atoms with van der Waals surface area (Å²) in [6, 6.07) is 16.3. The van der Waals surface area contributed by atoms with Crippen molar-refractivity contribution in [3.8, 4) is 5.75 Å². The molecular weight excluding hydrogens is 350 g/mol. The van der Waals surface area contributed by atoms with E-state index in [4.69, 9.17) is 4.74 Å². The molecule has 0 aromatic heterocycles. The third-order valence-corrected chi connectivity index (χ3v) is 5.22. The van der Waals surface area contributed by atoms with Crippen LogP contribution in [0.4, 0.5) is 5.69 Å². The minimum Gasteiger partial charge on any atom is -0.495 e. The summed E-state index contributed by atoms with van der Waals surface area (Å²) >= 11 is 0. The largest absolute Gasteiger partial charge is 0.495 e. The number of ether oxygens (including phenoxy) is 1. The minimum absolute atomic E-state index is 0.103. The lowest BCUT2D eigenvalue weighted by atomic mass is 10.1. The number of nitrogens with one attached hydrogen (secondary N) is 1. The predicted octanol–water partition coefficient (Wildman–Crippen LogP) is 2.87. The molecule has 3 rings (SSSR count). The number of benzene rings is 2. The summed E-state index contributed by atoms with van der Waals surface area (Å²) in [5.41, 5.74) is 3.44. The molecule has 0 aliphatic carbocycles. The topological polar surface area (TPSA) is 44.8 Å². The minimum atomic E-state index is 0.103. The zero-order chi connectivity index (χ0) is 19.8. The first-order valence-corrected chi connectivity index (χ1v) is 10.1. The van der Waals surface area contributed by atoms with Gasteiger partial charge in [-0.15, -0.1) is 0 Å². The molecule has 0 saturated carbocycles. The molecule has 1 saturated heterocycles. The van der Waals surface area contributed by atoms with Crippen LogP contribution >= 0.6 is 0 Å². The van der Waals surface area contributed by atoms with E-state index in [0.717, 1.165) is 57.0 Å². The van der Waals surface area contributed by atoms with Gasteiger partial charge in [0.05, 0.1) is 19.2 Å². The van der Waals surface area contributed by atoms with E-state index < -0.39 is 0 Å². The Morgan fingerprint density at radius 3 is 2.61 bits per heavy atom. The van der Waals surface area contributed by atoms with Crippen molar-refractivity contribution in [2.75, 3.05) is 51.3 Å². The van der Waals surface area contributed by atoms with Crippen LogP contribution in [0.25, 0.3) is 0 Å². The average molecular weight is 382 g/mol. The van der Waals surface area contributed by atoms with E-state index >= 15 is 0 Å². The molecule has 1 aliphatic heterocycles. The molecule has 5 nitrogen and oxygen atoms in total. The Labute approximate surface area is 168 Å². The van der Waals surface area contributed by atoms with Gasteiger partial charge in [0.25, 0.3) is 0 Å². The van der Waals surface area contributed by atoms with Gasteiger partial charge in [-0.05, 0) is 37.6 Å². The molecule has 0 spiro atoms. The van der Waals surface area contributed by atoms with Crippen LogP contribution in [0.2, 0.25) is 0 Å². The third-order valence-electron chi connectivity index (χ3n) is 5.22. The predicted molar refractivity (Wildman–Crippen MR) is 114 cm³/mol. The van der Waals surface area contributed by atoms with E-state index in [-0.39, 0.29) is 5.91 Å². The molecule has 5 heteroatoms. The molecule has 0 atom stereocenters. The number of nitrogens with zero attached hydrogens (tertiary/aromatic N) is 2. The van der Waals surface area contributed by atoms with E-state index in [1.54, 1.807) is 7.11 Å². The van der Waals surface area contributed by atoms with Crippen LogP contribution in [0.5, 0.6) is 5.75 Å². The molecule has 1 aliphatic rings. The molecular formula is C23H31N3O2. The number of hydrogen-bond acceptors (Lipinski definition) is 4. The van der Waals surface area contributed by atoms with Crippen molar-refractivity contribution in [1.29, 1.82) is 0 Å². The first-order valence-electron chi connectivity index (χ1n) is 10.1. The number of carbonyl (C=O) groups is 1. The lowest BCUT2D eigenvalue weighted by molar-refractivity contribution is -0.120. The normalized spacial score (nSPS) is 14.7. The molecule has 2 aromatic carbocycles. The maximum Gasteiger partial charge on any atom is 0.224 e. The fraction of sp³-hybridized carbons (Fsp3) is 0.435. The number of rotatable bonds is 8. The van der Waals surface area contributed by atoms with Crippen molar-refractivity contribution < 1.29 is 9.53 Å². The second kappa shape index (κ2) is 10.1. The summed E-state index contributed by atoms with van der Waals surface area (Å²) in [4.78, 5) is 17.0. The highest BCUT2D eigenvalue weighted by molar-refractivity contribution is 5.78. The molecule has 0 bridgehead atoms. The van der Waals surface area contributed by atoms with Gasteiger partial charge in [0, 0.05) is 32.7 Å². The van der Waals surface area contributed by atoms with Crippen molar-refractivity contribution in [1.82, 2.24) is 10.2 Å². The Morgan fingerprint density at radius 1 is 1.07 bits per heavy atom. The maximum absolute atomic E-state index is 12.1. The number of piperazine rings is 1. The van der Waals surface area contributed by atoms with Crippen LogP contribution < -0.4 is 15.0 Å². The molecule has 1 heterocycles. The van der Waals surface area contributed by atoms with Gasteiger partial charge in [0.15, 0.2) is 0 Å². The first kappa shape index (κ1) is 20.2. The highest BCUT2D eigenvalue weighted by atomic mass is 16.5. The highest BCUT2D eigenvalue weighted by Crippen LogP contribution is 2.28. The quantitative estimate of drug-likeness (QED) is 0.714. The first-order chi connectivity index (χ1) is 13.7. The van der Waals surface area contributed by atoms with Gasteiger partial charge in [0.1, 0.15) is 5.75 Å². The Bertz CT molecular complexity index is 770. The number of anilines is 1. The van der Waals surface area contributed by atoms with Gasteiger partial charge in [-0.3, -0.25) is 9.69 Å². The Morgan fingerprint density at radius 2 is 1.86 bits per heavy atom. The van der Waals surface area contributed by atoms with Gasteiger partial charge in [-0.25, -0.2) is 0 Å². The fourth-order valence-corrected chi connectivity index (χ4v) is 3.70. The number of amides is 1. The second-order valence-electron chi connectivity index (χ2n) is 7.37. The van der Waals surface area contributed by atoms with Crippen molar-refractivity contribution in [2.24, 2.45) is 0 Å². The van der Waals surface area contributed by atoms with Gasteiger partial charge >= 0.3 is 0 Å². The Balaban J connectivity index is 1.34. The summed E-state index contributed by atoms with van der Waals surface area (Å²) in [6.07, 6.45) is 1.44. The average Bonchev–Trinajstić information content (AvgIpc) is 2.72. The number of para-hydroxylation sites is 2. The summed E-state index contributed by atoms with van der Waals surface area (Å²) in [6.45, 7) is 7.88. The van der Waals surface area contributed by atoms with E-state index in [1.807, 2.05) is 24.3 Å². The standard InChI is InChI=1S/C23H31N3O2/c1-19-7-5-8-20(17-19)18-23(27)24-11-6-12-25-13-15-26(16-14-25)21-9-3-4-10-22(21)28-2/h3-5,7-10,17H,6,11-16,18H2,1-2H3,(H,24,27). The van der Waals surface area contributed by atoms with Gasteiger partial charge in [0.2, 0.25) is 5.91 Å². The molecule has 1 fully saturated rings. The maximum atomic E-state index is 12.1. The monoisotopic (exact) mass is 381 g/mol. The second-order valence-corrected chi connectivity index (χ2v) is 7.37. The van der Waals surface area contributed by atoms with Gasteiger partial charge in [-0.2, -0.15) is 0 Å².